The van der Waals surface area contributed by atoms with Crippen LogP contribution in [0.5, 0.6) is 0 Å². The SMILES string of the molecule is Cc1c(N)cc(Br)cc1S(=O)(=O)NCCS(C)(=O)=O. The Balaban J connectivity index is 3.02. The van der Waals surface area contributed by atoms with Crippen molar-refractivity contribution in [1.29, 1.82) is 0 Å². The predicted molar refractivity (Wildman–Crippen MR) is 78.2 cm³/mol. The lowest BCUT2D eigenvalue weighted by Crippen LogP contribution is -2.29. The standard InChI is InChI=1S/C10H15BrN2O4S2/c1-7-9(12)5-8(11)6-10(7)19(16,17)13-3-4-18(2,14)15/h5-6,13H,3-4,12H2,1-2H3. The molecule has 3 N–H and O–H groups in total. The number of rotatable bonds is 5. The summed E-state index contributed by atoms with van der Waals surface area (Å²) in [6.07, 6.45) is 1.05. The van der Waals surface area contributed by atoms with Crippen molar-refractivity contribution in [3.05, 3.63) is 22.2 Å². The molecule has 0 atom stereocenters. The average Bonchev–Trinajstić information content (AvgIpc) is 2.20. The predicted octanol–water partition coefficient (Wildman–Crippen LogP) is 0.663. The van der Waals surface area contributed by atoms with Crippen molar-refractivity contribution in [1.82, 2.24) is 4.72 Å². The molecule has 9 heteroatoms. The lowest BCUT2D eigenvalue weighted by Gasteiger charge is -2.11. The van der Waals surface area contributed by atoms with Crippen molar-refractivity contribution in [2.45, 2.75) is 11.8 Å². The van der Waals surface area contributed by atoms with Gasteiger partial charge in [0, 0.05) is 23.0 Å². The van der Waals surface area contributed by atoms with Crippen LogP contribution in [0.3, 0.4) is 0 Å². The van der Waals surface area contributed by atoms with Gasteiger partial charge in [0.05, 0.1) is 10.6 Å². The summed E-state index contributed by atoms with van der Waals surface area (Å²) in [4.78, 5) is 0.0351. The van der Waals surface area contributed by atoms with E-state index in [4.69, 9.17) is 5.73 Å². The molecular weight excluding hydrogens is 356 g/mol. The van der Waals surface area contributed by atoms with Crippen molar-refractivity contribution >= 4 is 41.5 Å². The number of hydrogen-bond donors (Lipinski definition) is 2. The van der Waals surface area contributed by atoms with E-state index in [1.807, 2.05) is 0 Å². The molecule has 0 aromatic heterocycles. The Labute approximate surface area is 121 Å². The monoisotopic (exact) mass is 370 g/mol. The van der Waals surface area contributed by atoms with Gasteiger partial charge in [-0.2, -0.15) is 0 Å². The average molecular weight is 371 g/mol. The van der Waals surface area contributed by atoms with Gasteiger partial charge < -0.3 is 5.73 Å². The van der Waals surface area contributed by atoms with Gasteiger partial charge in [-0.25, -0.2) is 21.6 Å². The Kier molecular flexibility index (Phi) is 4.99. The van der Waals surface area contributed by atoms with Gasteiger partial charge in [-0.05, 0) is 24.6 Å². The molecule has 0 heterocycles. The summed E-state index contributed by atoms with van der Waals surface area (Å²) in [6.45, 7) is 1.42. The highest BCUT2D eigenvalue weighted by Gasteiger charge is 2.19. The Morgan fingerprint density at radius 2 is 1.84 bits per heavy atom. The number of nitrogen functional groups attached to an aromatic ring is 1. The molecule has 19 heavy (non-hydrogen) atoms. The van der Waals surface area contributed by atoms with Crippen molar-refractivity contribution in [3.63, 3.8) is 0 Å². The Morgan fingerprint density at radius 1 is 1.26 bits per heavy atom. The first-order chi connectivity index (χ1) is 8.53. The Bertz CT molecular complexity index is 684. The summed E-state index contributed by atoms with van der Waals surface area (Å²) in [5, 5.41) is 0. The molecule has 0 aliphatic carbocycles. The fourth-order valence-electron chi connectivity index (χ4n) is 1.39. The largest absolute Gasteiger partial charge is 0.398 e. The molecule has 0 fully saturated rings. The molecule has 6 nitrogen and oxygen atoms in total. The van der Waals surface area contributed by atoms with E-state index in [0.29, 0.717) is 15.7 Å². The number of sulfonamides is 1. The molecule has 1 aromatic carbocycles. The van der Waals surface area contributed by atoms with Crippen molar-refractivity contribution in [2.75, 3.05) is 24.3 Å². The number of benzene rings is 1. The first-order valence-corrected chi connectivity index (χ1v) is 9.59. The van der Waals surface area contributed by atoms with E-state index in [1.54, 1.807) is 13.0 Å². The minimum absolute atomic E-state index is 0.0351. The zero-order valence-electron chi connectivity index (χ0n) is 10.5. The summed E-state index contributed by atoms with van der Waals surface area (Å²) >= 11 is 3.17. The maximum Gasteiger partial charge on any atom is 0.240 e. The second-order valence-corrected chi connectivity index (χ2v) is 9.06. The third-order valence-electron chi connectivity index (χ3n) is 2.42. The summed E-state index contributed by atoms with van der Waals surface area (Å²) in [5.41, 5.74) is 6.47. The van der Waals surface area contributed by atoms with Crippen molar-refractivity contribution in [2.24, 2.45) is 0 Å². The van der Waals surface area contributed by atoms with Gasteiger partial charge in [-0.1, -0.05) is 15.9 Å². The van der Waals surface area contributed by atoms with E-state index < -0.39 is 19.9 Å². The molecule has 0 amide bonds. The van der Waals surface area contributed by atoms with Crippen LogP contribution in [-0.2, 0) is 19.9 Å². The minimum Gasteiger partial charge on any atom is -0.398 e. The molecule has 0 unspecified atom stereocenters. The highest BCUT2D eigenvalue weighted by atomic mass is 79.9. The molecule has 0 saturated heterocycles. The van der Waals surface area contributed by atoms with Gasteiger partial charge in [0.25, 0.3) is 0 Å². The van der Waals surface area contributed by atoms with Crippen molar-refractivity contribution in [3.8, 4) is 0 Å². The zero-order valence-corrected chi connectivity index (χ0v) is 13.7. The van der Waals surface area contributed by atoms with Crippen molar-refractivity contribution < 1.29 is 16.8 Å². The fourth-order valence-corrected chi connectivity index (χ4v) is 3.95. The molecular formula is C10H15BrN2O4S2. The molecule has 0 aliphatic heterocycles. The number of nitrogens with one attached hydrogen (secondary N) is 1. The first kappa shape index (κ1) is 16.4. The lowest BCUT2D eigenvalue weighted by atomic mass is 10.2. The molecule has 0 saturated carbocycles. The number of halogens is 1. The summed E-state index contributed by atoms with van der Waals surface area (Å²) in [7, 11) is -7.00. The van der Waals surface area contributed by atoms with E-state index in [9.17, 15) is 16.8 Å². The van der Waals surface area contributed by atoms with Gasteiger partial charge in [0.2, 0.25) is 10.0 Å². The Morgan fingerprint density at radius 3 is 2.37 bits per heavy atom. The Hall–Kier alpha value is -0.640. The van der Waals surface area contributed by atoms with Crippen LogP contribution in [0.1, 0.15) is 5.56 Å². The third-order valence-corrected chi connectivity index (χ3v) is 5.41. The van der Waals surface area contributed by atoms with Crippen LogP contribution in [0.4, 0.5) is 5.69 Å². The molecule has 0 spiro atoms. The lowest BCUT2D eigenvalue weighted by molar-refractivity contribution is 0.581. The van der Waals surface area contributed by atoms with Crippen LogP contribution < -0.4 is 10.5 Å². The molecule has 108 valence electrons. The minimum atomic E-state index is -3.78. The summed E-state index contributed by atoms with van der Waals surface area (Å²) in [6, 6.07) is 3.03. The maximum atomic E-state index is 12.1. The van der Waals surface area contributed by atoms with Crippen LogP contribution in [0, 0.1) is 6.92 Å². The highest BCUT2D eigenvalue weighted by Crippen LogP contribution is 2.26. The third kappa shape index (κ3) is 4.75. The second-order valence-electron chi connectivity index (χ2n) is 4.15. The number of nitrogens with two attached hydrogens (primary N) is 1. The number of anilines is 1. The van der Waals surface area contributed by atoms with Crippen LogP contribution in [0.15, 0.2) is 21.5 Å². The topological polar surface area (TPSA) is 106 Å². The highest BCUT2D eigenvalue weighted by molar-refractivity contribution is 9.10. The molecule has 0 bridgehead atoms. The van der Waals surface area contributed by atoms with Crippen LogP contribution >= 0.6 is 15.9 Å². The normalized spacial score (nSPS) is 12.6. The maximum absolute atomic E-state index is 12.1. The summed E-state index contributed by atoms with van der Waals surface area (Å²) < 4.78 is 48.8. The van der Waals surface area contributed by atoms with Crippen LogP contribution in [0.25, 0.3) is 0 Å². The van der Waals surface area contributed by atoms with Crippen LogP contribution in [-0.4, -0.2) is 35.4 Å². The van der Waals surface area contributed by atoms with E-state index in [1.165, 1.54) is 6.07 Å². The number of hydrogen-bond acceptors (Lipinski definition) is 5. The first-order valence-electron chi connectivity index (χ1n) is 5.26. The van der Waals surface area contributed by atoms with Crippen LogP contribution in [0.2, 0.25) is 0 Å². The fraction of sp³-hybridized carbons (Fsp3) is 0.400. The van der Waals surface area contributed by atoms with Gasteiger partial charge in [-0.15, -0.1) is 0 Å². The molecule has 1 rings (SSSR count). The second kappa shape index (κ2) is 5.78. The smallest absolute Gasteiger partial charge is 0.240 e. The van der Waals surface area contributed by atoms with E-state index in [-0.39, 0.29) is 17.2 Å². The quantitative estimate of drug-likeness (QED) is 0.740. The van der Waals surface area contributed by atoms with Gasteiger partial charge in [-0.3, -0.25) is 0 Å². The van der Waals surface area contributed by atoms with Gasteiger partial charge in [0.15, 0.2) is 0 Å². The molecule has 1 aromatic rings. The zero-order chi connectivity index (χ0) is 14.8. The van der Waals surface area contributed by atoms with Gasteiger partial charge >= 0.3 is 0 Å². The summed E-state index contributed by atoms with van der Waals surface area (Å²) in [5.74, 6) is -0.255. The van der Waals surface area contributed by atoms with E-state index >= 15 is 0 Å². The molecule has 0 aliphatic rings. The van der Waals surface area contributed by atoms with E-state index in [0.717, 1.165) is 6.26 Å². The van der Waals surface area contributed by atoms with E-state index in [2.05, 4.69) is 20.7 Å². The van der Waals surface area contributed by atoms with Gasteiger partial charge in [0.1, 0.15) is 9.84 Å². The molecule has 0 radical (unpaired) electrons. The number of sulfone groups is 1.